The first kappa shape index (κ1) is 15.9. The molecule has 1 saturated heterocycles. The molecule has 4 rings (SSSR count). The van der Waals surface area contributed by atoms with Crippen molar-refractivity contribution in [3.05, 3.63) is 28.8 Å². The van der Waals surface area contributed by atoms with Crippen LogP contribution in [-0.2, 0) is 27.1 Å². The molecule has 1 aromatic carbocycles. The molecule has 1 aromatic rings. The molecule has 2 aliphatic heterocycles. The summed E-state index contributed by atoms with van der Waals surface area (Å²) >= 11 is 0. The van der Waals surface area contributed by atoms with Gasteiger partial charge in [-0.2, -0.15) is 0 Å². The number of hydrogen-bond acceptors (Lipinski definition) is 6. The van der Waals surface area contributed by atoms with Gasteiger partial charge in [-0.15, -0.1) is 0 Å². The molecular formula is C18H24N2O4. The van der Waals surface area contributed by atoms with Crippen molar-refractivity contribution in [3.63, 3.8) is 0 Å². The molecule has 0 amide bonds. The maximum Gasteiger partial charge on any atom is 0.172 e. The Hall–Kier alpha value is -1.63. The fourth-order valence-corrected chi connectivity index (χ4v) is 3.63. The molecule has 6 nitrogen and oxygen atoms in total. The number of benzene rings is 1. The molecular weight excluding hydrogens is 308 g/mol. The third kappa shape index (κ3) is 3.01. The van der Waals surface area contributed by atoms with Crippen LogP contribution in [0.5, 0.6) is 5.75 Å². The first-order valence-corrected chi connectivity index (χ1v) is 8.64. The van der Waals surface area contributed by atoms with E-state index in [4.69, 9.17) is 18.9 Å². The van der Waals surface area contributed by atoms with E-state index in [1.165, 1.54) is 11.1 Å². The molecule has 6 heteroatoms. The van der Waals surface area contributed by atoms with Gasteiger partial charge in [0.15, 0.2) is 5.79 Å². The van der Waals surface area contributed by atoms with Crippen LogP contribution in [0.1, 0.15) is 23.1 Å². The van der Waals surface area contributed by atoms with E-state index < -0.39 is 5.79 Å². The first-order valence-electron chi connectivity index (χ1n) is 8.64. The van der Waals surface area contributed by atoms with Crippen molar-refractivity contribution in [2.24, 2.45) is 4.99 Å². The topological polar surface area (TPSA) is 61.3 Å². The molecule has 0 atom stereocenters. The number of nitrogens with zero attached hydrogens (tertiary/aromatic N) is 1. The van der Waals surface area contributed by atoms with Gasteiger partial charge in [0.2, 0.25) is 0 Å². The minimum atomic E-state index is -0.423. The molecule has 0 saturated carbocycles. The van der Waals surface area contributed by atoms with Gasteiger partial charge in [0.05, 0.1) is 31.9 Å². The van der Waals surface area contributed by atoms with Crippen molar-refractivity contribution < 1.29 is 18.9 Å². The quantitative estimate of drug-likeness (QED) is 0.824. The van der Waals surface area contributed by atoms with Gasteiger partial charge in [-0.3, -0.25) is 4.99 Å². The summed E-state index contributed by atoms with van der Waals surface area (Å²) in [6, 6.07) is 4.35. The molecule has 0 bridgehead atoms. The average molecular weight is 332 g/mol. The van der Waals surface area contributed by atoms with Gasteiger partial charge in [0.25, 0.3) is 0 Å². The van der Waals surface area contributed by atoms with Crippen LogP contribution in [-0.4, -0.2) is 58.2 Å². The second-order valence-corrected chi connectivity index (χ2v) is 6.40. The van der Waals surface area contributed by atoms with Gasteiger partial charge in [0, 0.05) is 26.5 Å². The SMILES string of the molecule is COCCOc1cc2c(cc1C1=NCCN1)CC1(CC2)OCCO1. The maximum atomic E-state index is 5.96. The van der Waals surface area contributed by atoms with Gasteiger partial charge >= 0.3 is 0 Å². The van der Waals surface area contributed by atoms with E-state index in [0.29, 0.717) is 26.4 Å². The number of aryl methyl sites for hydroxylation is 1. The Bertz CT molecular complexity index is 638. The zero-order valence-electron chi connectivity index (χ0n) is 14.1. The van der Waals surface area contributed by atoms with Crippen LogP contribution in [0.2, 0.25) is 0 Å². The van der Waals surface area contributed by atoms with Crippen molar-refractivity contribution in [1.29, 1.82) is 0 Å². The average Bonchev–Trinajstić information content (AvgIpc) is 3.27. The third-order valence-electron chi connectivity index (χ3n) is 4.82. The lowest BCUT2D eigenvalue weighted by Gasteiger charge is -2.33. The summed E-state index contributed by atoms with van der Waals surface area (Å²) in [5.41, 5.74) is 3.61. The number of methoxy groups -OCH3 is 1. The highest BCUT2D eigenvalue weighted by molar-refractivity contribution is 6.02. The number of amidine groups is 1. The molecule has 1 N–H and O–H groups in total. The Morgan fingerprint density at radius 3 is 2.83 bits per heavy atom. The van der Waals surface area contributed by atoms with Crippen molar-refractivity contribution in [2.75, 3.05) is 46.6 Å². The van der Waals surface area contributed by atoms with Gasteiger partial charge < -0.3 is 24.3 Å². The minimum Gasteiger partial charge on any atom is -0.490 e. The van der Waals surface area contributed by atoms with E-state index in [1.807, 2.05) is 0 Å². The van der Waals surface area contributed by atoms with Crippen LogP contribution in [0.3, 0.4) is 0 Å². The van der Waals surface area contributed by atoms with Crippen LogP contribution in [0.25, 0.3) is 0 Å². The first-order chi connectivity index (χ1) is 11.8. The van der Waals surface area contributed by atoms with E-state index in [-0.39, 0.29) is 0 Å². The van der Waals surface area contributed by atoms with E-state index >= 15 is 0 Å². The molecule has 1 spiro atoms. The summed E-state index contributed by atoms with van der Waals surface area (Å²) in [7, 11) is 1.68. The number of ether oxygens (including phenoxy) is 4. The molecule has 130 valence electrons. The predicted octanol–water partition coefficient (Wildman–Crippen LogP) is 1.29. The molecule has 0 unspecified atom stereocenters. The van der Waals surface area contributed by atoms with Crippen molar-refractivity contribution in [3.8, 4) is 5.75 Å². The largest absolute Gasteiger partial charge is 0.490 e. The number of nitrogens with one attached hydrogen (secondary N) is 1. The molecule has 0 aromatic heterocycles. The Morgan fingerprint density at radius 1 is 1.21 bits per heavy atom. The third-order valence-corrected chi connectivity index (χ3v) is 4.82. The van der Waals surface area contributed by atoms with Crippen LogP contribution >= 0.6 is 0 Å². The molecule has 0 radical (unpaired) electrons. The summed E-state index contributed by atoms with van der Waals surface area (Å²) in [6.07, 6.45) is 2.63. The van der Waals surface area contributed by atoms with Gasteiger partial charge in [-0.05, 0) is 29.7 Å². The lowest BCUT2D eigenvalue weighted by Crippen LogP contribution is -2.37. The summed E-state index contributed by atoms with van der Waals surface area (Å²) in [4.78, 5) is 4.56. The summed E-state index contributed by atoms with van der Waals surface area (Å²) in [6.45, 7) is 4.16. The lowest BCUT2D eigenvalue weighted by atomic mass is 9.85. The van der Waals surface area contributed by atoms with Crippen LogP contribution < -0.4 is 10.1 Å². The number of aliphatic imine (C=N–C) groups is 1. The van der Waals surface area contributed by atoms with Gasteiger partial charge in [-0.1, -0.05) is 0 Å². The van der Waals surface area contributed by atoms with Crippen molar-refractivity contribution in [2.45, 2.75) is 25.0 Å². The highest BCUT2D eigenvalue weighted by Crippen LogP contribution is 2.38. The Balaban J connectivity index is 1.65. The number of hydrogen-bond donors (Lipinski definition) is 1. The van der Waals surface area contributed by atoms with E-state index in [1.54, 1.807) is 7.11 Å². The van der Waals surface area contributed by atoms with E-state index in [9.17, 15) is 0 Å². The smallest absolute Gasteiger partial charge is 0.172 e. The Labute approximate surface area is 142 Å². The van der Waals surface area contributed by atoms with Crippen LogP contribution in [0.15, 0.2) is 17.1 Å². The normalized spacial score (nSPS) is 21.5. The van der Waals surface area contributed by atoms with Crippen LogP contribution in [0.4, 0.5) is 0 Å². The molecule has 1 fully saturated rings. The van der Waals surface area contributed by atoms with Crippen LogP contribution in [0, 0.1) is 0 Å². The molecule has 3 aliphatic rings. The fraction of sp³-hybridized carbons (Fsp3) is 0.611. The van der Waals surface area contributed by atoms with Gasteiger partial charge in [0.1, 0.15) is 18.2 Å². The zero-order chi connectivity index (χ0) is 16.4. The standard InChI is InChI=1S/C18H24N2O4/c1-21-6-7-22-16-11-13-2-3-18(23-8-9-24-18)12-14(13)10-15(16)17-19-4-5-20-17/h10-11H,2-9,12H2,1H3,(H,19,20). The highest BCUT2D eigenvalue weighted by atomic mass is 16.7. The highest BCUT2D eigenvalue weighted by Gasteiger charge is 2.40. The second kappa shape index (κ2) is 6.70. The second-order valence-electron chi connectivity index (χ2n) is 6.40. The Kier molecular flexibility index (Phi) is 4.43. The van der Waals surface area contributed by atoms with Gasteiger partial charge in [-0.25, -0.2) is 0 Å². The predicted molar refractivity (Wildman–Crippen MR) is 89.9 cm³/mol. The zero-order valence-corrected chi connectivity index (χ0v) is 14.1. The molecule has 24 heavy (non-hydrogen) atoms. The maximum absolute atomic E-state index is 5.96. The van der Waals surface area contributed by atoms with Crippen molar-refractivity contribution >= 4 is 5.84 Å². The summed E-state index contributed by atoms with van der Waals surface area (Å²) in [5.74, 6) is 1.37. The minimum absolute atomic E-state index is 0.423. The van der Waals surface area contributed by atoms with E-state index in [0.717, 1.165) is 49.5 Å². The fourth-order valence-electron chi connectivity index (χ4n) is 3.63. The molecule has 2 heterocycles. The summed E-state index contributed by atoms with van der Waals surface area (Å²) in [5, 5.41) is 3.35. The van der Waals surface area contributed by atoms with E-state index in [2.05, 4.69) is 22.4 Å². The Morgan fingerprint density at radius 2 is 2.08 bits per heavy atom. The van der Waals surface area contributed by atoms with Crippen molar-refractivity contribution in [1.82, 2.24) is 5.32 Å². The lowest BCUT2D eigenvalue weighted by molar-refractivity contribution is -0.163. The number of rotatable bonds is 5. The summed E-state index contributed by atoms with van der Waals surface area (Å²) < 4.78 is 22.9. The number of fused-ring (bicyclic) bond motifs is 1. The monoisotopic (exact) mass is 332 g/mol. The molecule has 1 aliphatic carbocycles.